The van der Waals surface area contributed by atoms with E-state index in [1.54, 1.807) is 43.3 Å². The van der Waals surface area contributed by atoms with Crippen molar-refractivity contribution in [1.82, 2.24) is 10.1 Å². The first-order valence-electron chi connectivity index (χ1n) is 6.92. The smallest absolute Gasteiger partial charge is 0.263 e. The van der Waals surface area contributed by atoms with E-state index in [0.29, 0.717) is 23.0 Å². The number of aromatic nitrogens is 2. The lowest BCUT2D eigenvalue weighted by Crippen LogP contribution is -2.14. The SMILES string of the molecule is Cc1noc(-c2ccc(NS(=O)(=O)c3ccccc3C#N)cc2)n1. The van der Waals surface area contributed by atoms with Crippen LogP contribution in [0.4, 0.5) is 5.69 Å². The normalized spacial score (nSPS) is 11.0. The van der Waals surface area contributed by atoms with E-state index in [0.717, 1.165) is 0 Å². The molecule has 3 aromatic rings. The van der Waals surface area contributed by atoms with Gasteiger partial charge in [-0.05, 0) is 43.3 Å². The van der Waals surface area contributed by atoms with Gasteiger partial charge in [-0.1, -0.05) is 17.3 Å². The van der Waals surface area contributed by atoms with Gasteiger partial charge in [-0.15, -0.1) is 0 Å². The van der Waals surface area contributed by atoms with E-state index in [1.807, 2.05) is 6.07 Å². The molecule has 0 radical (unpaired) electrons. The van der Waals surface area contributed by atoms with Crippen molar-refractivity contribution in [1.29, 1.82) is 5.26 Å². The number of anilines is 1. The summed E-state index contributed by atoms with van der Waals surface area (Å²) in [6.45, 7) is 1.71. The topological polar surface area (TPSA) is 109 Å². The van der Waals surface area contributed by atoms with Gasteiger partial charge in [-0.25, -0.2) is 8.42 Å². The number of hydrogen-bond donors (Lipinski definition) is 1. The molecule has 8 heteroatoms. The summed E-state index contributed by atoms with van der Waals surface area (Å²) in [5.74, 6) is 0.875. The van der Waals surface area contributed by atoms with Crippen molar-refractivity contribution >= 4 is 15.7 Å². The summed E-state index contributed by atoms with van der Waals surface area (Å²) in [4.78, 5) is 4.04. The van der Waals surface area contributed by atoms with Crippen molar-refractivity contribution in [3.8, 4) is 17.5 Å². The summed E-state index contributed by atoms with van der Waals surface area (Å²) in [5.41, 5.74) is 1.13. The third-order valence-electron chi connectivity index (χ3n) is 3.21. The highest BCUT2D eigenvalue weighted by Gasteiger charge is 2.18. The van der Waals surface area contributed by atoms with E-state index in [9.17, 15) is 8.42 Å². The Hall–Kier alpha value is -3.18. The molecular weight excluding hydrogens is 328 g/mol. The van der Waals surface area contributed by atoms with E-state index in [1.165, 1.54) is 12.1 Å². The fourth-order valence-electron chi connectivity index (χ4n) is 2.10. The van der Waals surface area contributed by atoms with E-state index >= 15 is 0 Å². The molecule has 0 atom stereocenters. The van der Waals surface area contributed by atoms with Gasteiger partial charge in [0.25, 0.3) is 15.9 Å². The first-order chi connectivity index (χ1) is 11.5. The van der Waals surface area contributed by atoms with Gasteiger partial charge in [0.1, 0.15) is 11.0 Å². The van der Waals surface area contributed by atoms with E-state index < -0.39 is 10.0 Å². The van der Waals surface area contributed by atoms with Gasteiger partial charge < -0.3 is 4.52 Å². The van der Waals surface area contributed by atoms with E-state index in [-0.39, 0.29) is 10.5 Å². The lowest BCUT2D eigenvalue weighted by atomic mass is 10.2. The van der Waals surface area contributed by atoms with Crippen molar-refractivity contribution in [2.24, 2.45) is 0 Å². The molecule has 0 saturated carbocycles. The largest absolute Gasteiger partial charge is 0.334 e. The Kier molecular flexibility index (Phi) is 4.02. The zero-order valence-electron chi connectivity index (χ0n) is 12.6. The average Bonchev–Trinajstić information content (AvgIpc) is 3.01. The van der Waals surface area contributed by atoms with Crippen molar-refractivity contribution in [3.63, 3.8) is 0 Å². The molecule has 0 aliphatic heterocycles. The number of aryl methyl sites for hydroxylation is 1. The summed E-state index contributed by atoms with van der Waals surface area (Å²) in [5, 5.41) is 12.8. The minimum atomic E-state index is -3.85. The molecule has 1 heterocycles. The molecule has 7 nitrogen and oxygen atoms in total. The Balaban J connectivity index is 1.87. The van der Waals surface area contributed by atoms with Crippen LogP contribution in [0.3, 0.4) is 0 Å². The Morgan fingerprint density at radius 1 is 1.12 bits per heavy atom. The van der Waals surface area contributed by atoms with Gasteiger partial charge in [0.05, 0.1) is 5.56 Å². The zero-order valence-corrected chi connectivity index (χ0v) is 13.4. The molecule has 1 N–H and O–H groups in total. The summed E-state index contributed by atoms with van der Waals surface area (Å²) < 4.78 is 32.4. The molecule has 0 amide bonds. The maximum absolute atomic E-state index is 12.4. The second-order valence-corrected chi connectivity index (χ2v) is 6.59. The Labute approximate surface area is 138 Å². The predicted molar refractivity (Wildman–Crippen MR) is 86.4 cm³/mol. The highest BCUT2D eigenvalue weighted by molar-refractivity contribution is 7.92. The highest BCUT2D eigenvalue weighted by atomic mass is 32.2. The lowest BCUT2D eigenvalue weighted by Gasteiger charge is -2.09. The van der Waals surface area contributed by atoms with Crippen LogP contribution < -0.4 is 4.72 Å². The summed E-state index contributed by atoms with van der Waals surface area (Å²) in [6.07, 6.45) is 0. The molecule has 24 heavy (non-hydrogen) atoms. The van der Waals surface area contributed by atoms with Gasteiger partial charge in [-0.2, -0.15) is 10.2 Å². The van der Waals surface area contributed by atoms with Gasteiger partial charge in [0, 0.05) is 11.3 Å². The summed E-state index contributed by atoms with van der Waals surface area (Å²) >= 11 is 0. The summed E-state index contributed by atoms with van der Waals surface area (Å²) in [7, 11) is -3.85. The zero-order chi connectivity index (χ0) is 17.2. The van der Waals surface area contributed by atoms with Gasteiger partial charge in [-0.3, -0.25) is 4.72 Å². The quantitative estimate of drug-likeness (QED) is 0.782. The van der Waals surface area contributed by atoms with Crippen molar-refractivity contribution in [2.75, 3.05) is 4.72 Å². The molecule has 0 aliphatic rings. The van der Waals surface area contributed by atoms with Crippen LogP contribution in [0.5, 0.6) is 0 Å². The fourth-order valence-corrected chi connectivity index (χ4v) is 3.32. The van der Waals surface area contributed by atoms with Crippen LogP contribution in [0.25, 0.3) is 11.5 Å². The van der Waals surface area contributed by atoms with Crippen LogP contribution in [-0.4, -0.2) is 18.6 Å². The van der Waals surface area contributed by atoms with Crippen molar-refractivity contribution in [2.45, 2.75) is 11.8 Å². The number of sulfonamides is 1. The molecule has 1 aromatic heterocycles. The van der Waals surface area contributed by atoms with Gasteiger partial charge in [0.2, 0.25) is 0 Å². The second kappa shape index (κ2) is 6.14. The minimum absolute atomic E-state index is 0.0656. The van der Waals surface area contributed by atoms with Gasteiger partial charge >= 0.3 is 0 Å². The number of nitrogens with one attached hydrogen (secondary N) is 1. The van der Waals surface area contributed by atoms with Crippen LogP contribution >= 0.6 is 0 Å². The number of nitrogens with zero attached hydrogens (tertiary/aromatic N) is 3. The number of hydrogen-bond acceptors (Lipinski definition) is 6. The Morgan fingerprint density at radius 2 is 1.83 bits per heavy atom. The number of benzene rings is 2. The first-order valence-corrected chi connectivity index (χ1v) is 8.40. The Bertz CT molecular complexity index is 1020. The third kappa shape index (κ3) is 3.11. The molecule has 2 aromatic carbocycles. The molecule has 0 saturated heterocycles. The van der Waals surface area contributed by atoms with Crippen LogP contribution in [0.1, 0.15) is 11.4 Å². The molecule has 120 valence electrons. The molecular formula is C16H12N4O3S. The van der Waals surface area contributed by atoms with E-state index in [2.05, 4.69) is 14.9 Å². The highest BCUT2D eigenvalue weighted by Crippen LogP contribution is 2.22. The molecule has 0 spiro atoms. The minimum Gasteiger partial charge on any atom is -0.334 e. The lowest BCUT2D eigenvalue weighted by molar-refractivity contribution is 0.425. The maximum Gasteiger partial charge on any atom is 0.263 e. The summed E-state index contributed by atoms with van der Waals surface area (Å²) in [6, 6.07) is 14.4. The number of nitriles is 1. The monoisotopic (exact) mass is 340 g/mol. The number of rotatable bonds is 4. The van der Waals surface area contributed by atoms with Crippen LogP contribution in [0.2, 0.25) is 0 Å². The maximum atomic E-state index is 12.4. The average molecular weight is 340 g/mol. The van der Waals surface area contributed by atoms with Crippen LogP contribution in [0.15, 0.2) is 57.9 Å². The third-order valence-corrected chi connectivity index (χ3v) is 4.65. The van der Waals surface area contributed by atoms with Crippen LogP contribution in [0, 0.1) is 18.3 Å². The Morgan fingerprint density at radius 3 is 2.46 bits per heavy atom. The fraction of sp³-hybridized carbons (Fsp3) is 0.0625. The first kappa shape index (κ1) is 15.7. The molecule has 0 bridgehead atoms. The molecule has 3 rings (SSSR count). The molecule has 0 unspecified atom stereocenters. The second-order valence-electron chi connectivity index (χ2n) is 4.94. The van der Waals surface area contributed by atoms with Gasteiger partial charge in [0.15, 0.2) is 5.82 Å². The molecule has 0 fully saturated rings. The predicted octanol–water partition coefficient (Wildman–Crippen LogP) is 2.72. The van der Waals surface area contributed by atoms with E-state index in [4.69, 9.17) is 9.78 Å². The van der Waals surface area contributed by atoms with Crippen molar-refractivity contribution < 1.29 is 12.9 Å². The standard InChI is InChI=1S/C16H12N4O3S/c1-11-18-16(23-19-11)12-6-8-14(9-7-12)20-24(21,22)15-5-3-2-4-13(15)10-17/h2-9,20H,1H3. The molecule has 0 aliphatic carbocycles. The van der Waals surface area contributed by atoms with Crippen molar-refractivity contribution in [3.05, 3.63) is 59.9 Å². The van der Waals surface area contributed by atoms with Crippen LogP contribution in [-0.2, 0) is 10.0 Å².